The van der Waals surface area contributed by atoms with Gasteiger partial charge in [0.25, 0.3) is 10.0 Å². The molecule has 0 radical (unpaired) electrons. The molecule has 1 aromatic heterocycles. The van der Waals surface area contributed by atoms with Crippen molar-refractivity contribution in [1.29, 1.82) is 0 Å². The fraction of sp³-hybridized carbons (Fsp3) is 0.286. The number of anilines is 2. The van der Waals surface area contributed by atoms with Crippen LogP contribution >= 0.6 is 0 Å². The first kappa shape index (κ1) is 16.0. The molecule has 0 spiro atoms. The summed E-state index contributed by atoms with van der Waals surface area (Å²) < 4.78 is 26.6. The van der Waals surface area contributed by atoms with Gasteiger partial charge in [-0.2, -0.15) is 5.10 Å². The van der Waals surface area contributed by atoms with Crippen molar-refractivity contribution in [2.24, 2.45) is 0 Å². The van der Waals surface area contributed by atoms with Gasteiger partial charge in [-0.05, 0) is 38.1 Å². The van der Waals surface area contributed by atoms with Crippen LogP contribution in [-0.2, 0) is 14.8 Å². The molecule has 0 saturated carbocycles. The van der Waals surface area contributed by atoms with E-state index in [-0.39, 0.29) is 10.8 Å². The van der Waals surface area contributed by atoms with Gasteiger partial charge in [-0.15, -0.1) is 0 Å². The largest absolute Gasteiger partial charge is 0.326 e. The molecule has 7 nitrogen and oxygen atoms in total. The van der Waals surface area contributed by atoms with Gasteiger partial charge >= 0.3 is 0 Å². The molecule has 2 rings (SSSR count). The third-order valence-electron chi connectivity index (χ3n) is 3.23. The first-order valence-electron chi connectivity index (χ1n) is 6.61. The summed E-state index contributed by atoms with van der Waals surface area (Å²) in [5.41, 5.74) is 2.03. The Labute approximate surface area is 129 Å². The molecule has 1 aromatic carbocycles. The van der Waals surface area contributed by atoms with Gasteiger partial charge in [-0.25, -0.2) is 8.42 Å². The van der Waals surface area contributed by atoms with E-state index in [2.05, 4.69) is 15.5 Å². The number of H-pyrrole nitrogens is 1. The number of hydrogen-bond acceptors (Lipinski definition) is 4. The summed E-state index contributed by atoms with van der Waals surface area (Å²) in [5, 5.41) is 9.24. The van der Waals surface area contributed by atoms with Crippen LogP contribution in [0.25, 0.3) is 0 Å². The molecule has 1 heterocycles. The molecular formula is C14H18N4O3S. The predicted octanol–water partition coefficient (Wildman–Crippen LogP) is 1.81. The predicted molar refractivity (Wildman–Crippen MR) is 84.4 cm³/mol. The van der Waals surface area contributed by atoms with Crippen LogP contribution in [0.4, 0.5) is 11.4 Å². The second kappa shape index (κ2) is 5.80. The van der Waals surface area contributed by atoms with Crippen LogP contribution in [-0.4, -0.2) is 31.6 Å². The molecule has 118 valence electrons. The number of carbonyl (C=O) groups is 1. The number of hydrogen-bond donors (Lipinski definition) is 2. The van der Waals surface area contributed by atoms with E-state index < -0.39 is 10.0 Å². The molecule has 0 fully saturated rings. The Bertz CT molecular complexity index is 774. The maximum absolute atomic E-state index is 12.7. The van der Waals surface area contributed by atoms with Crippen molar-refractivity contribution in [2.75, 3.05) is 16.7 Å². The molecule has 0 aliphatic rings. The van der Waals surface area contributed by atoms with Crippen LogP contribution in [0.2, 0.25) is 0 Å². The first-order chi connectivity index (χ1) is 10.2. The molecule has 8 heteroatoms. The van der Waals surface area contributed by atoms with Crippen molar-refractivity contribution < 1.29 is 13.2 Å². The van der Waals surface area contributed by atoms with Crippen LogP contribution in [0.3, 0.4) is 0 Å². The Morgan fingerprint density at radius 2 is 1.82 bits per heavy atom. The maximum atomic E-state index is 12.7. The summed E-state index contributed by atoms with van der Waals surface area (Å²) in [6.45, 7) is 4.72. The number of carbonyl (C=O) groups excluding carboxylic acids is 1. The number of aromatic amines is 1. The topological polar surface area (TPSA) is 95.2 Å². The van der Waals surface area contributed by atoms with E-state index in [1.54, 1.807) is 38.1 Å². The van der Waals surface area contributed by atoms with Crippen LogP contribution < -0.4 is 9.62 Å². The van der Waals surface area contributed by atoms with E-state index in [0.29, 0.717) is 22.8 Å². The Hall–Kier alpha value is -2.35. The number of sulfonamides is 1. The normalized spacial score (nSPS) is 11.3. The highest BCUT2D eigenvalue weighted by Crippen LogP contribution is 2.26. The molecular weight excluding hydrogens is 304 g/mol. The second-order valence-corrected chi connectivity index (χ2v) is 6.87. The summed E-state index contributed by atoms with van der Waals surface area (Å²) in [5.74, 6) is -0.182. The number of rotatable bonds is 4. The van der Waals surface area contributed by atoms with E-state index in [4.69, 9.17) is 0 Å². The highest BCUT2D eigenvalue weighted by atomic mass is 32.2. The summed E-state index contributed by atoms with van der Waals surface area (Å²) in [6, 6.07) is 6.57. The lowest BCUT2D eigenvalue weighted by Gasteiger charge is -2.20. The standard InChI is InChI=1S/C14H18N4O3S/c1-9-14(10(2)17-16-9)22(20,21)18(4)13-7-5-12(6-8-13)15-11(3)19/h5-8H,1-4H3,(H,15,19)(H,16,17). The van der Waals surface area contributed by atoms with E-state index in [9.17, 15) is 13.2 Å². The number of aromatic nitrogens is 2. The van der Waals surface area contributed by atoms with Gasteiger partial charge in [0, 0.05) is 19.7 Å². The minimum atomic E-state index is -3.69. The van der Waals surface area contributed by atoms with Gasteiger partial charge in [0.05, 0.1) is 17.1 Å². The van der Waals surface area contributed by atoms with Gasteiger partial charge in [0.1, 0.15) is 4.90 Å². The minimum Gasteiger partial charge on any atom is -0.326 e. The molecule has 22 heavy (non-hydrogen) atoms. The summed E-state index contributed by atoms with van der Waals surface area (Å²) >= 11 is 0. The fourth-order valence-corrected chi connectivity index (χ4v) is 3.68. The quantitative estimate of drug-likeness (QED) is 0.897. The molecule has 2 N–H and O–H groups in total. The van der Waals surface area contributed by atoms with E-state index in [1.807, 2.05) is 0 Å². The highest BCUT2D eigenvalue weighted by molar-refractivity contribution is 7.92. The van der Waals surface area contributed by atoms with Crippen LogP contribution in [0.5, 0.6) is 0 Å². The molecule has 0 saturated heterocycles. The molecule has 0 unspecified atom stereocenters. The van der Waals surface area contributed by atoms with Crippen molar-refractivity contribution in [3.63, 3.8) is 0 Å². The smallest absolute Gasteiger partial charge is 0.267 e. The van der Waals surface area contributed by atoms with Crippen molar-refractivity contribution in [3.8, 4) is 0 Å². The second-order valence-electron chi connectivity index (χ2n) is 4.96. The summed E-state index contributed by atoms with van der Waals surface area (Å²) in [4.78, 5) is 11.2. The Balaban J connectivity index is 2.35. The Kier molecular flexibility index (Phi) is 4.23. The molecule has 0 aliphatic carbocycles. The molecule has 0 aliphatic heterocycles. The van der Waals surface area contributed by atoms with Crippen molar-refractivity contribution >= 4 is 27.3 Å². The van der Waals surface area contributed by atoms with Crippen molar-refractivity contribution in [3.05, 3.63) is 35.7 Å². The number of benzene rings is 1. The summed E-state index contributed by atoms with van der Waals surface area (Å²) in [7, 11) is -2.21. The summed E-state index contributed by atoms with van der Waals surface area (Å²) in [6.07, 6.45) is 0. The third-order valence-corrected chi connectivity index (χ3v) is 5.28. The molecule has 0 bridgehead atoms. The number of nitrogens with zero attached hydrogens (tertiary/aromatic N) is 2. The number of aryl methyl sites for hydroxylation is 2. The van der Waals surface area contributed by atoms with Gasteiger partial charge in [0.2, 0.25) is 5.91 Å². The monoisotopic (exact) mass is 322 g/mol. The average molecular weight is 322 g/mol. The minimum absolute atomic E-state index is 0.181. The molecule has 0 atom stereocenters. The van der Waals surface area contributed by atoms with Gasteiger partial charge in [-0.3, -0.25) is 14.2 Å². The lowest BCUT2D eigenvalue weighted by Crippen LogP contribution is -2.27. The zero-order valence-corrected chi connectivity index (χ0v) is 13.7. The fourth-order valence-electron chi connectivity index (χ4n) is 2.15. The zero-order valence-electron chi connectivity index (χ0n) is 12.8. The zero-order chi connectivity index (χ0) is 16.5. The maximum Gasteiger partial charge on any atom is 0.267 e. The highest BCUT2D eigenvalue weighted by Gasteiger charge is 2.27. The molecule has 1 amide bonds. The van der Waals surface area contributed by atoms with E-state index in [1.165, 1.54) is 18.3 Å². The van der Waals surface area contributed by atoms with Crippen LogP contribution in [0.1, 0.15) is 18.3 Å². The SMILES string of the molecule is CC(=O)Nc1ccc(N(C)S(=O)(=O)c2c(C)n[nH]c2C)cc1. The average Bonchev–Trinajstić information content (AvgIpc) is 2.78. The van der Waals surface area contributed by atoms with Crippen molar-refractivity contribution in [2.45, 2.75) is 25.7 Å². The van der Waals surface area contributed by atoms with Gasteiger partial charge in [-0.1, -0.05) is 0 Å². The first-order valence-corrected chi connectivity index (χ1v) is 8.05. The number of nitrogens with one attached hydrogen (secondary N) is 2. The van der Waals surface area contributed by atoms with Crippen molar-refractivity contribution in [1.82, 2.24) is 10.2 Å². The van der Waals surface area contributed by atoms with E-state index in [0.717, 1.165) is 0 Å². The lowest BCUT2D eigenvalue weighted by atomic mass is 10.3. The Morgan fingerprint density at radius 1 is 1.23 bits per heavy atom. The number of amides is 1. The lowest BCUT2D eigenvalue weighted by molar-refractivity contribution is -0.114. The molecule has 2 aromatic rings. The van der Waals surface area contributed by atoms with Gasteiger partial charge < -0.3 is 5.32 Å². The van der Waals surface area contributed by atoms with Gasteiger partial charge in [0.15, 0.2) is 0 Å². The van der Waals surface area contributed by atoms with Crippen LogP contribution in [0, 0.1) is 13.8 Å². The van der Waals surface area contributed by atoms with E-state index >= 15 is 0 Å². The van der Waals surface area contributed by atoms with Crippen LogP contribution in [0.15, 0.2) is 29.2 Å². The third kappa shape index (κ3) is 2.96. The Morgan fingerprint density at radius 3 is 2.27 bits per heavy atom.